The van der Waals surface area contributed by atoms with Gasteiger partial charge in [0, 0.05) is 11.4 Å². The number of hydrogen-bond donors (Lipinski definition) is 0. The van der Waals surface area contributed by atoms with Gasteiger partial charge in [0.2, 0.25) is 0 Å². The van der Waals surface area contributed by atoms with E-state index < -0.39 is 17.8 Å². The Morgan fingerprint density at radius 1 is 0.958 bits per heavy atom. The average molecular weight is 323 g/mol. The Morgan fingerprint density at radius 2 is 1.71 bits per heavy atom. The van der Waals surface area contributed by atoms with E-state index in [1.54, 1.807) is 6.07 Å². The predicted octanol–water partition coefficient (Wildman–Crippen LogP) is 2.47. The number of para-hydroxylation sites is 1. The highest BCUT2D eigenvalue weighted by Gasteiger charge is 2.48. The van der Waals surface area contributed by atoms with Gasteiger partial charge in [-0.15, -0.1) is 0 Å². The number of aromatic nitrogens is 1. The Labute approximate surface area is 139 Å². The van der Waals surface area contributed by atoms with Crippen LogP contribution in [0, 0.1) is 0 Å². The lowest BCUT2D eigenvalue weighted by atomic mass is 10.2. The van der Waals surface area contributed by atoms with Crippen molar-refractivity contribution in [1.82, 2.24) is 14.8 Å². The van der Waals surface area contributed by atoms with Gasteiger partial charge in [0.25, 0.3) is 0 Å². The first-order chi connectivity index (χ1) is 11.6. The zero-order chi connectivity index (χ0) is 16.7. The molecule has 2 fully saturated rings. The summed E-state index contributed by atoms with van der Waals surface area (Å²) in [7, 11) is 0. The number of benzene rings is 1. The van der Waals surface area contributed by atoms with Crippen molar-refractivity contribution >= 4 is 28.7 Å². The number of pyridine rings is 1. The first-order valence-electron chi connectivity index (χ1n) is 8.19. The highest BCUT2D eigenvalue weighted by Crippen LogP contribution is 2.28. The molecule has 0 spiro atoms. The Balaban J connectivity index is 1.59. The van der Waals surface area contributed by atoms with Gasteiger partial charge in [-0.3, -0.25) is 19.5 Å². The predicted molar refractivity (Wildman–Crippen MR) is 86.8 cm³/mol. The molecular weight excluding hydrogens is 306 g/mol. The van der Waals surface area contributed by atoms with Crippen LogP contribution in [0.25, 0.3) is 10.9 Å². The minimum Gasteiger partial charge on any atom is -0.263 e. The lowest BCUT2D eigenvalue weighted by Crippen LogP contribution is -2.39. The molecule has 24 heavy (non-hydrogen) atoms. The maximum absolute atomic E-state index is 12.6. The second-order valence-electron chi connectivity index (χ2n) is 6.28. The van der Waals surface area contributed by atoms with Gasteiger partial charge in [-0.1, -0.05) is 37.1 Å². The van der Waals surface area contributed by atoms with Crippen LogP contribution in [0.15, 0.2) is 36.4 Å². The van der Waals surface area contributed by atoms with Crippen LogP contribution in [0.4, 0.5) is 4.79 Å². The Bertz CT molecular complexity index is 842. The molecule has 1 aromatic carbocycles. The topological polar surface area (TPSA) is 70.6 Å². The number of urea groups is 1. The van der Waals surface area contributed by atoms with Crippen LogP contribution >= 0.6 is 0 Å². The maximum atomic E-state index is 12.6. The number of hydrogen-bond acceptors (Lipinski definition) is 4. The maximum Gasteiger partial charge on any atom is 0.334 e. The van der Waals surface area contributed by atoms with E-state index in [0.717, 1.165) is 46.4 Å². The SMILES string of the molecule is O=C1C(=O)N(C2CCCC2)C(=O)N1Cc1ccc2ccccc2n1. The number of carbonyl (C=O) groups is 3. The van der Waals surface area contributed by atoms with E-state index >= 15 is 0 Å². The van der Waals surface area contributed by atoms with Crippen molar-refractivity contribution in [2.75, 3.05) is 0 Å². The summed E-state index contributed by atoms with van der Waals surface area (Å²) in [5.74, 6) is -1.45. The Kier molecular flexibility index (Phi) is 3.52. The summed E-state index contributed by atoms with van der Waals surface area (Å²) >= 11 is 0. The Hall–Kier alpha value is -2.76. The monoisotopic (exact) mass is 323 g/mol. The summed E-state index contributed by atoms with van der Waals surface area (Å²) in [5.41, 5.74) is 1.39. The molecule has 0 atom stereocenters. The van der Waals surface area contributed by atoms with Gasteiger partial charge < -0.3 is 0 Å². The molecule has 1 saturated heterocycles. The molecule has 6 nitrogen and oxygen atoms in total. The van der Waals surface area contributed by atoms with Gasteiger partial charge in [-0.05, 0) is 25.0 Å². The normalized spacial score (nSPS) is 19.1. The van der Waals surface area contributed by atoms with Gasteiger partial charge in [0.1, 0.15) is 0 Å². The number of imide groups is 2. The molecule has 6 heteroatoms. The third-order valence-corrected chi connectivity index (χ3v) is 4.75. The molecular formula is C18H17N3O3. The number of rotatable bonds is 3. The van der Waals surface area contributed by atoms with Crippen LogP contribution < -0.4 is 0 Å². The fourth-order valence-corrected chi connectivity index (χ4v) is 3.50. The molecule has 0 N–H and O–H groups in total. The van der Waals surface area contributed by atoms with Gasteiger partial charge in [0.05, 0.1) is 17.8 Å². The average Bonchev–Trinajstić information content (AvgIpc) is 3.18. The van der Waals surface area contributed by atoms with E-state index in [1.807, 2.05) is 30.3 Å². The van der Waals surface area contributed by atoms with Crippen LogP contribution in [-0.4, -0.2) is 38.7 Å². The van der Waals surface area contributed by atoms with E-state index in [1.165, 1.54) is 0 Å². The van der Waals surface area contributed by atoms with Crippen LogP contribution in [0.5, 0.6) is 0 Å². The third-order valence-electron chi connectivity index (χ3n) is 4.75. The second kappa shape index (κ2) is 5.70. The van der Waals surface area contributed by atoms with Crippen LogP contribution in [0.2, 0.25) is 0 Å². The highest BCUT2D eigenvalue weighted by atomic mass is 16.2. The fraction of sp³-hybridized carbons (Fsp3) is 0.333. The summed E-state index contributed by atoms with van der Waals surface area (Å²) in [6.45, 7) is 0.0253. The Morgan fingerprint density at radius 3 is 2.50 bits per heavy atom. The first kappa shape index (κ1) is 14.8. The van der Waals surface area contributed by atoms with E-state index in [9.17, 15) is 14.4 Å². The summed E-state index contributed by atoms with van der Waals surface area (Å²) in [6.07, 6.45) is 3.55. The smallest absolute Gasteiger partial charge is 0.263 e. The second-order valence-corrected chi connectivity index (χ2v) is 6.28. The molecule has 1 saturated carbocycles. The molecule has 1 aliphatic heterocycles. The minimum atomic E-state index is -0.748. The van der Waals surface area contributed by atoms with Crippen molar-refractivity contribution < 1.29 is 14.4 Å². The van der Waals surface area contributed by atoms with E-state index in [0.29, 0.717) is 5.69 Å². The van der Waals surface area contributed by atoms with E-state index in [-0.39, 0.29) is 12.6 Å². The molecule has 1 aromatic heterocycles. The molecule has 0 bridgehead atoms. The van der Waals surface area contributed by atoms with Crippen molar-refractivity contribution in [3.63, 3.8) is 0 Å². The van der Waals surface area contributed by atoms with Crippen molar-refractivity contribution in [1.29, 1.82) is 0 Å². The molecule has 0 radical (unpaired) electrons. The zero-order valence-electron chi connectivity index (χ0n) is 13.1. The molecule has 4 amide bonds. The standard InChI is InChI=1S/C18H17N3O3/c22-16-17(23)21(14-6-2-3-7-14)18(24)20(16)11-13-10-9-12-5-1-4-8-15(12)19-13/h1,4-5,8-10,14H,2-3,6-7,11H2. The van der Waals surface area contributed by atoms with Crippen LogP contribution in [-0.2, 0) is 16.1 Å². The first-order valence-corrected chi connectivity index (χ1v) is 8.19. The summed E-state index contributed by atoms with van der Waals surface area (Å²) in [6, 6.07) is 10.7. The molecule has 122 valence electrons. The summed E-state index contributed by atoms with van der Waals surface area (Å²) in [4.78, 5) is 43.6. The number of nitrogens with zero attached hydrogens (tertiary/aromatic N) is 3. The lowest BCUT2D eigenvalue weighted by Gasteiger charge is -2.21. The van der Waals surface area contributed by atoms with Gasteiger partial charge in [-0.2, -0.15) is 0 Å². The number of amides is 4. The molecule has 2 heterocycles. The van der Waals surface area contributed by atoms with Gasteiger partial charge >= 0.3 is 17.8 Å². The minimum absolute atomic E-state index is 0.0253. The van der Waals surface area contributed by atoms with Crippen molar-refractivity contribution in [2.45, 2.75) is 38.3 Å². The van der Waals surface area contributed by atoms with Gasteiger partial charge in [0.15, 0.2) is 0 Å². The summed E-state index contributed by atoms with van der Waals surface area (Å²) in [5, 5.41) is 0.990. The number of carbonyl (C=O) groups excluding carboxylic acids is 3. The highest BCUT2D eigenvalue weighted by molar-refractivity contribution is 6.44. The summed E-state index contributed by atoms with van der Waals surface area (Å²) < 4.78 is 0. The third kappa shape index (κ3) is 2.35. The van der Waals surface area contributed by atoms with Crippen molar-refractivity contribution in [2.24, 2.45) is 0 Å². The molecule has 1 aliphatic carbocycles. The number of fused-ring (bicyclic) bond motifs is 1. The lowest BCUT2D eigenvalue weighted by molar-refractivity contribution is -0.144. The van der Waals surface area contributed by atoms with Crippen molar-refractivity contribution in [3.05, 3.63) is 42.1 Å². The van der Waals surface area contributed by atoms with Gasteiger partial charge in [-0.25, -0.2) is 9.69 Å². The molecule has 0 unspecified atom stereocenters. The molecule has 2 aromatic rings. The van der Waals surface area contributed by atoms with Crippen molar-refractivity contribution in [3.8, 4) is 0 Å². The molecule has 2 aliphatic rings. The van der Waals surface area contributed by atoms with Crippen LogP contribution in [0.1, 0.15) is 31.4 Å². The zero-order valence-corrected chi connectivity index (χ0v) is 13.1. The largest absolute Gasteiger partial charge is 0.334 e. The molecule has 4 rings (SSSR count). The van der Waals surface area contributed by atoms with Crippen LogP contribution in [0.3, 0.4) is 0 Å². The fourth-order valence-electron chi connectivity index (χ4n) is 3.50. The van der Waals surface area contributed by atoms with E-state index in [2.05, 4.69) is 4.98 Å². The quantitative estimate of drug-likeness (QED) is 0.642. The van der Waals surface area contributed by atoms with E-state index in [4.69, 9.17) is 0 Å².